The summed E-state index contributed by atoms with van der Waals surface area (Å²) in [7, 11) is 1.55. The average molecular weight is 295 g/mol. The van der Waals surface area contributed by atoms with Crippen molar-refractivity contribution in [2.75, 3.05) is 7.11 Å². The van der Waals surface area contributed by atoms with Gasteiger partial charge >= 0.3 is 0 Å². The number of methoxy groups -OCH3 is 1. The Morgan fingerprint density at radius 1 is 0.952 bits per heavy atom. The quantitative estimate of drug-likeness (QED) is 0.808. The molecule has 0 aromatic heterocycles. The lowest BCUT2D eigenvalue weighted by Crippen LogP contribution is -2.31. The summed E-state index contributed by atoms with van der Waals surface area (Å²) in [6, 6.07) is 0.156. The van der Waals surface area contributed by atoms with Gasteiger partial charge in [0.25, 0.3) is 0 Å². The van der Waals surface area contributed by atoms with Gasteiger partial charge in [0.2, 0.25) is 5.91 Å². The Hall–Kier alpha value is -1.16. The molecular formula is C17H29NO3. The summed E-state index contributed by atoms with van der Waals surface area (Å²) in [6.45, 7) is 2.01. The fraction of sp³-hybridized carbons (Fsp3) is 0.765. The number of hydrogen-bond donors (Lipinski definition) is 1. The zero-order valence-electron chi connectivity index (χ0n) is 13.4. The summed E-state index contributed by atoms with van der Waals surface area (Å²) < 4.78 is 5.23. The van der Waals surface area contributed by atoms with Crippen molar-refractivity contribution in [3.8, 4) is 0 Å². The van der Waals surface area contributed by atoms with Gasteiger partial charge in [0.15, 0.2) is 5.78 Å². The minimum Gasteiger partial charge on any atom is -0.373 e. The van der Waals surface area contributed by atoms with Crippen molar-refractivity contribution >= 4 is 11.7 Å². The highest BCUT2D eigenvalue weighted by Gasteiger charge is 2.15. The van der Waals surface area contributed by atoms with Gasteiger partial charge < -0.3 is 10.1 Å². The minimum atomic E-state index is -0.417. The predicted octanol–water partition coefficient (Wildman–Crippen LogP) is 3.16. The molecule has 21 heavy (non-hydrogen) atoms. The number of hydrogen-bond acceptors (Lipinski definition) is 3. The summed E-state index contributed by atoms with van der Waals surface area (Å²) in [4.78, 5) is 23.7. The Morgan fingerprint density at radius 3 is 2.14 bits per heavy atom. The molecule has 0 aliphatic carbocycles. The van der Waals surface area contributed by atoms with Crippen molar-refractivity contribution in [3.63, 3.8) is 0 Å². The molecule has 2 atom stereocenters. The highest BCUT2D eigenvalue weighted by atomic mass is 16.5. The van der Waals surface area contributed by atoms with Crippen LogP contribution in [-0.2, 0) is 14.3 Å². The number of nitrogens with one attached hydrogen (secondary N) is 1. The van der Waals surface area contributed by atoms with Crippen molar-refractivity contribution < 1.29 is 14.3 Å². The fourth-order valence-electron chi connectivity index (χ4n) is 2.67. The maximum atomic E-state index is 12.0. The molecule has 0 spiro atoms. The molecule has 0 bridgehead atoms. The van der Waals surface area contributed by atoms with Crippen molar-refractivity contribution in [2.45, 2.75) is 76.9 Å². The molecule has 120 valence electrons. The van der Waals surface area contributed by atoms with Crippen LogP contribution < -0.4 is 5.32 Å². The second-order valence-corrected chi connectivity index (χ2v) is 5.92. The van der Waals surface area contributed by atoms with E-state index in [9.17, 15) is 9.59 Å². The maximum absolute atomic E-state index is 12.0. The molecule has 1 N–H and O–H groups in total. The summed E-state index contributed by atoms with van der Waals surface area (Å²) in [5.74, 6) is -0.315. The topological polar surface area (TPSA) is 55.4 Å². The lowest BCUT2D eigenvalue weighted by atomic mass is 10.0. The van der Waals surface area contributed by atoms with Gasteiger partial charge in [0.05, 0.1) is 0 Å². The molecular weight excluding hydrogens is 266 g/mol. The van der Waals surface area contributed by atoms with Crippen molar-refractivity contribution in [2.24, 2.45) is 0 Å². The van der Waals surface area contributed by atoms with Gasteiger partial charge in [0.1, 0.15) is 6.10 Å². The van der Waals surface area contributed by atoms with Crippen molar-refractivity contribution in [3.05, 3.63) is 12.2 Å². The van der Waals surface area contributed by atoms with Crippen LogP contribution in [0.15, 0.2) is 12.2 Å². The van der Waals surface area contributed by atoms with E-state index >= 15 is 0 Å². The number of rotatable bonds is 1. The fourth-order valence-corrected chi connectivity index (χ4v) is 2.67. The summed E-state index contributed by atoms with van der Waals surface area (Å²) in [5, 5.41) is 2.90. The second kappa shape index (κ2) is 10.6. The van der Waals surface area contributed by atoms with Gasteiger partial charge in [-0.2, -0.15) is 0 Å². The maximum Gasteiger partial charge on any atom is 0.244 e. The summed E-state index contributed by atoms with van der Waals surface area (Å²) >= 11 is 0. The Kier molecular flexibility index (Phi) is 8.99. The molecule has 4 heteroatoms. The van der Waals surface area contributed by atoms with Crippen LogP contribution in [0.4, 0.5) is 0 Å². The summed E-state index contributed by atoms with van der Waals surface area (Å²) in [5.41, 5.74) is 0. The molecule has 0 aromatic rings. The van der Waals surface area contributed by atoms with E-state index in [0.717, 1.165) is 32.1 Å². The van der Waals surface area contributed by atoms with Gasteiger partial charge in [-0.1, -0.05) is 44.9 Å². The first-order valence-corrected chi connectivity index (χ1v) is 8.18. The van der Waals surface area contributed by atoms with E-state index in [-0.39, 0.29) is 17.7 Å². The Balaban J connectivity index is 2.58. The van der Waals surface area contributed by atoms with Crippen LogP contribution in [0.25, 0.3) is 0 Å². The van der Waals surface area contributed by atoms with Crippen LogP contribution in [-0.4, -0.2) is 30.9 Å². The van der Waals surface area contributed by atoms with E-state index in [1.165, 1.54) is 37.8 Å². The highest BCUT2D eigenvalue weighted by Crippen LogP contribution is 2.13. The standard InChI is InChI=1S/C17H29NO3/c1-14-10-8-6-4-3-5-7-9-11-16(21-2)15(19)12-13-17(20)18-14/h12-14,16H,3-11H2,1-2H3,(H,18,20)/b13-12+/t14-,16?/m1/s1. The van der Waals surface area contributed by atoms with Crippen LogP contribution in [0.1, 0.15) is 64.7 Å². The third-order valence-corrected chi connectivity index (χ3v) is 3.99. The van der Waals surface area contributed by atoms with Crippen LogP contribution in [0.2, 0.25) is 0 Å². The van der Waals surface area contributed by atoms with E-state index in [2.05, 4.69) is 5.32 Å². The van der Waals surface area contributed by atoms with E-state index in [1.807, 2.05) is 6.92 Å². The molecule has 0 saturated heterocycles. The first-order valence-electron chi connectivity index (χ1n) is 8.18. The number of amides is 1. The molecule has 1 amide bonds. The van der Waals surface area contributed by atoms with Gasteiger partial charge in [-0.15, -0.1) is 0 Å². The largest absolute Gasteiger partial charge is 0.373 e. The van der Waals surface area contributed by atoms with Crippen LogP contribution in [0.5, 0.6) is 0 Å². The minimum absolute atomic E-state index is 0.118. The number of ketones is 1. The number of ether oxygens (including phenoxy) is 1. The lowest BCUT2D eigenvalue weighted by molar-refractivity contribution is -0.124. The average Bonchev–Trinajstić information content (AvgIpc) is 2.46. The zero-order chi connectivity index (χ0) is 15.5. The van der Waals surface area contributed by atoms with Gasteiger partial charge in [-0.3, -0.25) is 9.59 Å². The monoisotopic (exact) mass is 295 g/mol. The molecule has 0 radical (unpaired) electrons. The van der Waals surface area contributed by atoms with Gasteiger partial charge in [-0.25, -0.2) is 0 Å². The van der Waals surface area contributed by atoms with Crippen molar-refractivity contribution in [1.82, 2.24) is 5.32 Å². The van der Waals surface area contributed by atoms with E-state index < -0.39 is 6.10 Å². The van der Waals surface area contributed by atoms with Crippen LogP contribution in [0.3, 0.4) is 0 Å². The SMILES string of the molecule is COC1CCCCCCCCC[C@@H](C)NC(=O)/C=C/C1=O. The Morgan fingerprint density at radius 2 is 1.52 bits per heavy atom. The normalized spacial score (nSPS) is 28.9. The lowest BCUT2D eigenvalue weighted by Gasteiger charge is -2.14. The Labute approximate surface area is 128 Å². The molecule has 1 rings (SSSR count). The highest BCUT2D eigenvalue weighted by molar-refractivity contribution is 5.99. The molecule has 1 heterocycles. The van der Waals surface area contributed by atoms with E-state index in [0.29, 0.717) is 0 Å². The first-order chi connectivity index (χ1) is 10.1. The number of carbonyl (C=O) groups excluding carboxylic acids is 2. The molecule has 1 unspecified atom stereocenters. The molecule has 4 nitrogen and oxygen atoms in total. The first kappa shape index (κ1) is 17.9. The summed E-state index contributed by atoms with van der Waals surface area (Å²) in [6.07, 6.45) is 12.3. The Bertz CT molecular complexity index is 352. The molecule has 0 saturated carbocycles. The third kappa shape index (κ3) is 8.00. The molecule has 1 aliphatic heterocycles. The molecule has 0 fully saturated rings. The van der Waals surface area contributed by atoms with Crippen molar-refractivity contribution in [1.29, 1.82) is 0 Å². The van der Waals surface area contributed by atoms with E-state index in [1.54, 1.807) is 7.11 Å². The number of carbonyl (C=O) groups is 2. The third-order valence-electron chi connectivity index (χ3n) is 3.99. The molecule has 1 aliphatic rings. The van der Waals surface area contributed by atoms with E-state index in [4.69, 9.17) is 4.74 Å². The predicted molar refractivity (Wildman–Crippen MR) is 84.1 cm³/mol. The van der Waals surface area contributed by atoms with Crippen LogP contribution >= 0.6 is 0 Å². The van der Waals surface area contributed by atoms with Crippen LogP contribution in [0, 0.1) is 0 Å². The zero-order valence-corrected chi connectivity index (χ0v) is 13.4. The van der Waals surface area contributed by atoms with Gasteiger partial charge in [0, 0.05) is 19.2 Å². The molecule has 0 aromatic carbocycles. The second-order valence-electron chi connectivity index (χ2n) is 5.92. The van der Waals surface area contributed by atoms with Gasteiger partial charge in [-0.05, 0) is 25.8 Å². The smallest absolute Gasteiger partial charge is 0.244 e.